The highest BCUT2D eigenvalue weighted by Crippen LogP contribution is 2.26. The Hall–Kier alpha value is -2.15. The number of amides is 2. The molecular weight excluding hydrogens is 312 g/mol. The van der Waals surface area contributed by atoms with Crippen LogP contribution in [0.25, 0.3) is 0 Å². The van der Waals surface area contributed by atoms with Crippen molar-refractivity contribution < 1.29 is 9.59 Å². The zero-order chi connectivity index (χ0) is 16.6. The molecule has 1 atom stereocenters. The van der Waals surface area contributed by atoms with Crippen LogP contribution in [0.1, 0.15) is 29.1 Å². The molecule has 2 aromatic rings. The second-order valence-corrected chi connectivity index (χ2v) is 6.85. The van der Waals surface area contributed by atoms with Crippen molar-refractivity contribution in [2.75, 3.05) is 5.32 Å². The highest BCUT2D eigenvalue weighted by atomic mass is 32.1. The second-order valence-electron chi connectivity index (χ2n) is 5.81. The fraction of sp³-hybridized carbons (Fsp3) is 0.438. The number of nitrogens with zero attached hydrogens (tertiary/aromatic N) is 3. The van der Waals surface area contributed by atoms with Gasteiger partial charge in [0.2, 0.25) is 11.8 Å². The summed E-state index contributed by atoms with van der Waals surface area (Å²) >= 11 is 1.60. The first kappa shape index (κ1) is 15.7. The van der Waals surface area contributed by atoms with Crippen molar-refractivity contribution in [3.05, 3.63) is 33.8 Å². The maximum absolute atomic E-state index is 12.7. The molecule has 0 radical (unpaired) electrons. The van der Waals surface area contributed by atoms with E-state index in [1.54, 1.807) is 20.9 Å². The van der Waals surface area contributed by atoms with Gasteiger partial charge >= 0.3 is 0 Å². The van der Waals surface area contributed by atoms with Gasteiger partial charge in [-0.3, -0.25) is 14.3 Å². The minimum atomic E-state index is -0.413. The van der Waals surface area contributed by atoms with Crippen molar-refractivity contribution in [1.82, 2.24) is 14.7 Å². The van der Waals surface area contributed by atoms with Crippen molar-refractivity contribution >= 4 is 28.8 Å². The third kappa shape index (κ3) is 3.01. The summed E-state index contributed by atoms with van der Waals surface area (Å²) in [6.45, 7) is 4.28. The molecule has 1 aliphatic rings. The molecule has 1 saturated heterocycles. The molecule has 0 unspecified atom stereocenters. The average Bonchev–Trinajstić information content (AvgIpc) is 3.19. The number of carbonyl (C=O) groups is 2. The second kappa shape index (κ2) is 6.16. The van der Waals surface area contributed by atoms with E-state index in [1.165, 1.54) is 0 Å². The number of likely N-dealkylation sites (tertiary alicyclic amines) is 1. The van der Waals surface area contributed by atoms with Crippen LogP contribution in [0.3, 0.4) is 0 Å². The van der Waals surface area contributed by atoms with Gasteiger partial charge in [0.1, 0.15) is 6.04 Å². The van der Waals surface area contributed by atoms with Crippen LogP contribution in [0.4, 0.5) is 5.69 Å². The summed E-state index contributed by atoms with van der Waals surface area (Å²) in [6, 6.07) is 3.53. The molecule has 6 nitrogen and oxygen atoms in total. The van der Waals surface area contributed by atoms with E-state index in [0.717, 1.165) is 22.0 Å². The van der Waals surface area contributed by atoms with Gasteiger partial charge in [0.05, 0.1) is 23.6 Å². The van der Waals surface area contributed by atoms with E-state index in [-0.39, 0.29) is 11.8 Å². The first-order chi connectivity index (χ1) is 11.0. The summed E-state index contributed by atoms with van der Waals surface area (Å²) in [5.74, 6) is -0.0928. The van der Waals surface area contributed by atoms with Crippen LogP contribution in [0.5, 0.6) is 0 Å². The van der Waals surface area contributed by atoms with Crippen molar-refractivity contribution in [2.24, 2.45) is 7.05 Å². The highest BCUT2D eigenvalue weighted by molar-refractivity contribution is 7.09. The quantitative estimate of drug-likeness (QED) is 0.933. The molecule has 0 spiro atoms. The summed E-state index contributed by atoms with van der Waals surface area (Å²) in [5, 5.41) is 9.25. The zero-order valence-corrected chi connectivity index (χ0v) is 14.3. The fourth-order valence-electron chi connectivity index (χ4n) is 2.94. The molecule has 2 aromatic heterocycles. The first-order valence-electron chi connectivity index (χ1n) is 7.60. The van der Waals surface area contributed by atoms with E-state index in [1.807, 2.05) is 38.4 Å². The Morgan fingerprint density at radius 2 is 2.26 bits per heavy atom. The molecule has 2 amide bonds. The number of thiophene rings is 1. The molecule has 0 aliphatic carbocycles. The maximum Gasteiger partial charge on any atom is 0.247 e. The number of aryl methyl sites for hydroxylation is 2. The lowest BCUT2D eigenvalue weighted by molar-refractivity contribution is -0.133. The fourth-order valence-corrected chi connectivity index (χ4v) is 3.64. The lowest BCUT2D eigenvalue weighted by Gasteiger charge is -2.23. The van der Waals surface area contributed by atoms with Gasteiger partial charge in [-0.05, 0) is 31.7 Å². The maximum atomic E-state index is 12.7. The zero-order valence-electron chi connectivity index (χ0n) is 13.5. The first-order valence-corrected chi connectivity index (χ1v) is 8.48. The Morgan fingerprint density at radius 1 is 1.48 bits per heavy atom. The van der Waals surface area contributed by atoms with E-state index in [4.69, 9.17) is 0 Å². The Morgan fingerprint density at radius 3 is 2.87 bits per heavy atom. The Labute approximate surface area is 139 Å². The number of hydrogen-bond acceptors (Lipinski definition) is 4. The topological polar surface area (TPSA) is 67.2 Å². The minimum Gasteiger partial charge on any atom is -0.326 e. The summed E-state index contributed by atoms with van der Waals surface area (Å²) in [5.41, 5.74) is 2.44. The molecule has 3 rings (SSSR count). The van der Waals surface area contributed by atoms with Crippen LogP contribution in [0.15, 0.2) is 17.5 Å². The Kier molecular flexibility index (Phi) is 4.21. The van der Waals surface area contributed by atoms with E-state index in [2.05, 4.69) is 10.4 Å². The Bertz CT molecular complexity index is 736. The lowest BCUT2D eigenvalue weighted by Crippen LogP contribution is -2.41. The van der Waals surface area contributed by atoms with Gasteiger partial charge in [-0.25, -0.2) is 0 Å². The van der Waals surface area contributed by atoms with E-state index >= 15 is 0 Å². The normalized spacial score (nSPS) is 17.8. The lowest BCUT2D eigenvalue weighted by atomic mass is 10.2. The third-order valence-corrected chi connectivity index (χ3v) is 5.16. The molecule has 1 aliphatic heterocycles. The molecule has 23 heavy (non-hydrogen) atoms. The van der Waals surface area contributed by atoms with Crippen LogP contribution in [-0.4, -0.2) is 32.5 Å². The number of nitrogens with one attached hydrogen (secondary N) is 1. The largest absolute Gasteiger partial charge is 0.326 e. The summed E-state index contributed by atoms with van der Waals surface area (Å²) in [7, 11) is 1.85. The van der Waals surface area contributed by atoms with Crippen LogP contribution in [0, 0.1) is 13.8 Å². The van der Waals surface area contributed by atoms with E-state index in [9.17, 15) is 9.59 Å². The molecule has 0 bridgehead atoms. The predicted octanol–water partition coefficient (Wildman–Crippen LogP) is 2.23. The van der Waals surface area contributed by atoms with Gasteiger partial charge in [-0.2, -0.15) is 5.10 Å². The average molecular weight is 332 g/mol. The van der Waals surface area contributed by atoms with Crippen molar-refractivity contribution in [3.8, 4) is 0 Å². The van der Waals surface area contributed by atoms with Gasteiger partial charge < -0.3 is 10.2 Å². The van der Waals surface area contributed by atoms with Crippen LogP contribution in [0.2, 0.25) is 0 Å². The Balaban J connectivity index is 1.76. The molecule has 1 N–H and O–H groups in total. The number of carbonyl (C=O) groups excluding carboxylic acids is 2. The molecule has 0 saturated carbocycles. The van der Waals surface area contributed by atoms with E-state index in [0.29, 0.717) is 19.4 Å². The predicted molar refractivity (Wildman–Crippen MR) is 89.2 cm³/mol. The van der Waals surface area contributed by atoms with Crippen LogP contribution in [-0.2, 0) is 23.2 Å². The van der Waals surface area contributed by atoms with Gasteiger partial charge in [0.25, 0.3) is 0 Å². The summed E-state index contributed by atoms with van der Waals surface area (Å²) < 4.78 is 1.74. The van der Waals surface area contributed by atoms with Crippen LogP contribution >= 0.6 is 11.3 Å². The molecule has 1 fully saturated rings. The van der Waals surface area contributed by atoms with Gasteiger partial charge in [0, 0.05) is 18.3 Å². The van der Waals surface area contributed by atoms with Gasteiger partial charge in [-0.15, -0.1) is 11.3 Å². The number of hydrogen-bond donors (Lipinski definition) is 1. The van der Waals surface area contributed by atoms with Gasteiger partial charge in [-0.1, -0.05) is 6.07 Å². The summed E-state index contributed by atoms with van der Waals surface area (Å²) in [4.78, 5) is 27.6. The number of anilines is 1. The molecular formula is C16H20N4O2S. The molecule has 7 heteroatoms. The highest BCUT2D eigenvalue weighted by Gasteiger charge is 2.36. The van der Waals surface area contributed by atoms with E-state index < -0.39 is 6.04 Å². The van der Waals surface area contributed by atoms with Crippen molar-refractivity contribution in [3.63, 3.8) is 0 Å². The third-order valence-electron chi connectivity index (χ3n) is 4.29. The van der Waals surface area contributed by atoms with Gasteiger partial charge in [0.15, 0.2) is 0 Å². The van der Waals surface area contributed by atoms with Crippen LogP contribution < -0.4 is 5.32 Å². The molecule has 3 heterocycles. The minimum absolute atomic E-state index is 0.0400. The molecule has 122 valence electrons. The SMILES string of the molecule is Cc1nn(C)c(C)c1NC(=O)[C@@H]1CCC(=O)N1Cc1cccs1. The van der Waals surface area contributed by atoms with Crippen molar-refractivity contribution in [2.45, 2.75) is 39.3 Å². The number of rotatable bonds is 4. The molecule has 0 aromatic carbocycles. The number of aromatic nitrogens is 2. The van der Waals surface area contributed by atoms with Crippen molar-refractivity contribution in [1.29, 1.82) is 0 Å². The smallest absolute Gasteiger partial charge is 0.247 e. The monoisotopic (exact) mass is 332 g/mol. The summed E-state index contributed by atoms with van der Waals surface area (Å²) in [6.07, 6.45) is 0.989. The standard InChI is InChI=1S/C16H20N4O2S/c1-10-15(11(2)19(3)18-10)17-16(22)13-6-7-14(21)20(13)9-12-5-4-8-23-12/h4-5,8,13H,6-7,9H2,1-3H3,(H,17,22)/t13-/m0/s1.